The highest BCUT2D eigenvalue weighted by atomic mass is 127. The molecule has 8 heteroatoms. The molecule has 0 saturated heterocycles. The van der Waals surface area contributed by atoms with Gasteiger partial charge in [-0.1, -0.05) is 78.4 Å². The topological polar surface area (TPSA) is 83.5 Å². The fraction of sp³-hybridized carbons (Fsp3) is 0.485. The molecule has 0 heterocycles. The van der Waals surface area contributed by atoms with E-state index in [1.54, 1.807) is 35.0 Å². The Morgan fingerprint density at radius 1 is 0.829 bits per heavy atom. The average molecular weight is 677 g/mol. The maximum Gasteiger partial charge on any atom is 0.312 e. The fourth-order valence-corrected chi connectivity index (χ4v) is 4.10. The van der Waals surface area contributed by atoms with Crippen molar-refractivity contribution in [3.63, 3.8) is 0 Å². The molecule has 2 aromatic rings. The molecular weight excluding hydrogens is 635 g/mol. The van der Waals surface area contributed by atoms with Crippen molar-refractivity contribution in [3.05, 3.63) is 71.8 Å². The minimum Gasteiger partial charge on any atom is -0.449 e. The summed E-state index contributed by atoms with van der Waals surface area (Å²) in [7, 11) is 3.11. The van der Waals surface area contributed by atoms with Crippen LogP contribution in [0.2, 0.25) is 0 Å². The molecule has 41 heavy (non-hydrogen) atoms. The second kappa shape index (κ2) is 18.9. The Balaban J connectivity index is 2.39. The lowest BCUT2D eigenvalue weighted by molar-refractivity contribution is -0.158. The van der Waals surface area contributed by atoms with Crippen molar-refractivity contribution in [2.75, 3.05) is 20.8 Å². The average Bonchev–Trinajstić information content (AvgIpc) is 2.97. The first-order valence-electron chi connectivity index (χ1n) is 13.5. The fourth-order valence-electron chi connectivity index (χ4n) is 3.79. The number of ether oxygens (including phenoxy) is 5. The number of aliphatic hydroxyl groups is 1. The van der Waals surface area contributed by atoms with Gasteiger partial charge in [0.05, 0.1) is 30.8 Å². The Morgan fingerprint density at radius 2 is 1.34 bits per heavy atom. The van der Waals surface area contributed by atoms with Gasteiger partial charge in [-0.15, -0.1) is 0 Å². The normalized spacial score (nSPS) is 14.8. The van der Waals surface area contributed by atoms with Gasteiger partial charge in [-0.3, -0.25) is 4.79 Å². The smallest absolute Gasteiger partial charge is 0.312 e. The van der Waals surface area contributed by atoms with Crippen LogP contribution in [0.3, 0.4) is 0 Å². The Kier molecular flexibility index (Phi) is 16.0. The highest BCUT2D eigenvalue weighted by Crippen LogP contribution is 2.21. The summed E-state index contributed by atoms with van der Waals surface area (Å²) in [5, 5.41) is 9.48. The van der Waals surface area contributed by atoms with Crippen molar-refractivity contribution in [1.29, 1.82) is 0 Å². The molecule has 0 radical (unpaired) electrons. The minimum absolute atomic E-state index is 0.0682. The Morgan fingerprint density at radius 3 is 1.78 bits per heavy atom. The molecule has 1 N–H and O–H groups in total. The van der Waals surface area contributed by atoms with E-state index in [1.165, 1.54) is 0 Å². The molecular formula is C33H41IO7. The third-order valence-corrected chi connectivity index (χ3v) is 6.46. The molecule has 5 atom stereocenters. The number of halogens is 1. The summed E-state index contributed by atoms with van der Waals surface area (Å²) in [6.07, 6.45) is -2.50. The minimum atomic E-state index is -0.826. The van der Waals surface area contributed by atoms with E-state index in [2.05, 4.69) is 21.7 Å². The summed E-state index contributed by atoms with van der Waals surface area (Å²) in [6, 6.07) is 19.6. The van der Waals surface area contributed by atoms with Crippen LogP contribution < -0.4 is 0 Å². The van der Waals surface area contributed by atoms with Crippen LogP contribution in [0.25, 0.3) is 0 Å². The van der Waals surface area contributed by atoms with Crippen LogP contribution in [0.1, 0.15) is 44.7 Å². The molecule has 2 aromatic carbocycles. The highest BCUT2D eigenvalue weighted by molar-refractivity contribution is 14.1. The molecule has 0 amide bonds. The Bertz CT molecular complexity index is 1140. The Labute approximate surface area is 258 Å². The second-order valence-corrected chi connectivity index (χ2v) is 10.9. The van der Waals surface area contributed by atoms with Crippen LogP contribution in [0, 0.1) is 27.1 Å². The molecule has 0 saturated carbocycles. The summed E-state index contributed by atoms with van der Waals surface area (Å²) in [5.41, 5.74) is 1.24. The number of hydrogen-bond donors (Lipinski definition) is 1. The summed E-state index contributed by atoms with van der Waals surface area (Å²) in [6.45, 7) is 5.91. The number of methoxy groups -OCH3 is 2. The van der Waals surface area contributed by atoms with E-state index >= 15 is 0 Å². The van der Waals surface area contributed by atoms with Crippen LogP contribution in [0.15, 0.2) is 60.7 Å². The quantitative estimate of drug-likeness (QED) is 0.156. The summed E-state index contributed by atoms with van der Waals surface area (Å²) in [5.74, 6) is 8.96. The van der Waals surface area contributed by atoms with E-state index in [0.717, 1.165) is 11.1 Å². The van der Waals surface area contributed by atoms with E-state index < -0.39 is 41.9 Å². The zero-order valence-corrected chi connectivity index (χ0v) is 26.6. The van der Waals surface area contributed by atoms with Crippen molar-refractivity contribution in [2.45, 2.75) is 77.3 Å². The maximum atomic E-state index is 12.9. The lowest BCUT2D eigenvalue weighted by Gasteiger charge is -2.28. The van der Waals surface area contributed by atoms with Crippen molar-refractivity contribution in [3.8, 4) is 21.7 Å². The van der Waals surface area contributed by atoms with Crippen LogP contribution in [-0.2, 0) is 41.7 Å². The van der Waals surface area contributed by atoms with Gasteiger partial charge in [0.2, 0.25) is 0 Å². The number of carbonyl (C=O) groups is 1. The molecule has 0 aliphatic heterocycles. The summed E-state index contributed by atoms with van der Waals surface area (Å²) < 4.78 is 32.4. The van der Waals surface area contributed by atoms with E-state index in [9.17, 15) is 9.90 Å². The standard InChI is InChI=1S/C33H41IO7/c1-33(2,3)32(36)41-27(22-31(38-5)28(37-4)19-21-35)16-17-29(39-23-25-12-8-6-9-13-25)30(18-20-34)40-24-26-14-10-7-11-15-26/h6-15,27-31,35H,19,21-24H2,1-5H3/t27?,28-,29-,30-,31-/m0/s1. The monoisotopic (exact) mass is 676 g/mol. The number of aliphatic hydroxyl groups excluding tert-OH is 1. The molecule has 2 rings (SSSR count). The van der Waals surface area contributed by atoms with Crippen LogP contribution in [0.5, 0.6) is 0 Å². The molecule has 0 bridgehead atoms. The van der Waals surface area contributed by atoms with Gasteiger partial charge in [0.25, 0.3) is 0 Å². The van der Waals surface area contributed by atoms with Crippen molar-refractivity contribution in [2.24, 2.45) is 5.41 Å². The van der Waals surface area contributed by atoms with Gasteiger partial charge in [-0.25, -0.2) is 0 Å². The number of carbonyl (C=O) groups excluding carboxylic acids is 1. The summed E-state index contributed by atoms with van der Waals surface area (Å²) >= 11 is 1.97. The number of esters is 1. The van der Waals surface area contributed by atoms with Gasteiger partial charge in [0, 0.05) is 49.8 Å². The van der Waals surface area contributed by atoms with Gasteiger partial charge in [-0.05, 0) is 42.2 Å². The SMILES string of the molecule is CO[C@@H](CCO)[C@H](CC(C#C[C@H](OCc1ccccc1)[C@H](C#CI)OCc1ccccc1)OC(=O)C(C)(C)C)OC. The van der Waals surface area contributed by atoms with E-state index in [4.69, 9.17) is 23.7 Å². The first-order chi connectivity index (χ1) is 19.7. The maximum absolute atomic E-state index is 12.9. The molecule has 222 valence electrons. The van der Waals surface area contributed by atoms with Gasteiger partial charge < -0.3 is 28.8 Å². The summed E-state index contributed by atoms with van der Waals surface area (Å²) in [4.78, 5) is 12.9. The molecule has 1 unspecified atom stereocenters. The predicted molar refractivity (Wildman–Crippen MR) is 167 cm³/mol. The van der Waals surface area contributed by atoms with Crippen molar-refractivity contribution < 1.29 is 33.6 Å². The Hall–Kier alpha value is -2.44. The second-order valence-electron chi connectivity index (χ2n) is 10.4. The molecule has 0 aliphatic carbocycles. The lowest BCUT2D eigenvalue weighted by Crippen LogP contribution is -2.37. The lowest BCUT2D eigenvalue weighted by atomic mass is 9.97. The number of rotatable bonds is 15. The van der Waals surface area contributed by atoms with Crippen LogP contribution in [-0.4, -0.2) is 62.4 Å². The molecule has 0 fully saturated rings. The zero-order valence-electron chi connectivity index (χ0n) is 24.5. The largest absolute Gasteiger partial charge is 0.449 e. The van der Waals surface area contributed by atoms with Gasteiger partial charge in [-0.2, -0.15) is 0 Å². The van der Waals surface area contributed by atoms with E-state index in [-0.39, 0.29) is 13.0 Å². The van der Waals surface area contributed by atoms with Crippen molar-refractivity contribution >= 4 is 28.6 Å². The predicted octanol–water partition coefficient (Wildman–Crippen LogP) is 5.32. The molecule has 0 spiro atoms. The van der Waals surface area contributed by atoms with Gasteiger partial charge in [0.15, 0.2) is 18.3 Å². The first-order valence-corrected chi connectivity index (χ1v) is 14.6. The highest BCUT2D eigenvalue weighted by Gasteiger charge is 2.30. The zero-order chi connectivity index (χ0) is 30.1. The van der Waals surface area contributed by atoms with Crippen LogP contribution >= 0.6 is 22.6 Å². The van der Waals surface area contributed by atoms with Gasteiger partial charge in [0.1, 0.15) is 0 Å². The number of benzene rings is 2. The van der Waals surface area contributed by atoms with E-state index in [1.807, 2.05) is 83.3 Å². The third-order valence-electron chi connectivity index (χ3n) is 6.14. The van der Waals surface area contributed by atoms with Gasteiger partial charge >= 0.3 is 5.97 Å². The molecule has 0 aromatic heterocycles. The van der Waals surface area contributed by atoms with Crippen LogP contribution in [0.4, 0.5) is 0 Å². The molecule has 7 nitrogen and oxygen atoms in total. The molecule has 0 aliphatic rings. The first kappa shape index (κ1) is 34.8. The number of hydrogen-bond acceptors (Lipinski definition) is 7. The third kappa shape index (κ3) is 13.0. The van der Waals surface area contributed by atoms with Crippen molar-refractivity contribution in [1.82, 2.24) is 0 Å². The van der Waals surface area contributed by atoms with E-state index in [0.29, 0.717) is 19.6 Å².